The molecule has 4 heterocycles. The number of ketones is 1. The number of aromatic nitrogens is 2. The molecule has 28 nitrogen and oxygen atoms in total. The third kappa shape index (κ3) is 23.3. The van der Waals surface area contributed by atoms with Crippen LogP contribution < -0.4 is 36.6 Å². The summed E-state index contributed by atoms with van der Waals surface area (Å²) in [6.07, 6.45) is 5.37. The number of anilines is 3. The number of fused-ring (bicyclic) bond motifs is 4. The van der Waals surface area contributed by atoms with Crippen molar-refractivity contribution in [2.75, 3.05) is 114 Å². The number of alkyl halides is 1. The number of carbonyl (C=O) groups excluding carboxylic acids is 10. The van der Waals surface area contributed by atoms with E-state index in [2.05, 4.69) is 26.3 Å². The molecule has 1 saturated heterocycles. The molecule has 8 rings (SSSR count). The molecular weight excluding hydrogens is 1350 g/mol. The lowest BCUT2D eigenvalue weighted by Crippen LogP contribution is -2.44. The number of nitrogens with one attached hydrogen (secondary N) is 4. The van der Waals surface area contributed by atoms with E-state index in [1.54, 1.807) is 84.4 Å². The number of amides is 10. The van der Waals surface area contributed by atoms with Gasteiger partial charge in [-0.05, 0) is 116 Å². The number of imide groups is 1. The van der Waals surface area contributed by atoms with Gasteiger partial charge in [-0.15, -0.1) is 11.6 Å². The van der Waals surface area contributed by atoms with Crippen LogP contribution in [0, 0.1) is 18.8 Å². The fourth-order valence-corrected chi connectivity index (χ4v) is 11.6. The zero-order chi connectivity index (χ0) is 73.9. The van der Waals surface area contributed by atoms with Gasteiger partial charge in [-0.3, -0.25) is 33.7 Å². The van der Waals surface area contributed by atoms with E-state index in [1.807, 2.05) is 59.7 Å². The molecule has 8 N–H and O–H groups in total. The number of ether oxygens (including phenoxy) is 5. The van der Waals surface area contributed by atoms with Gasteiger partial charge in [0.05, 0.1) is 62.2 Å². The second kappa shape index (κ2) is 40.0. The Morgan fingerprint density at radius 3 is 2.20 bits per heavy atom. The maximum absolute atomic E-state index is 14.2. The van der Waals surface area contributed by atoms with E-state index in [0.29, 0.717) is 79.5 Å². The highest BCUT2D eigenvalue weighted by molar-refractivity contribution is 8.00. The number of urea groups is 1. The number of carbonyl (C=O) groups is 10. The molecule has 4 aromatic carbocycles. The van der Waals surface area contributed by atoms with E-state index in [9.17, 15) is 53.1 Å². The van der Waals surface area contributed by atoms with Gasteiger partial charge in [-0.25, -0.2) is 24.2 Å². The Bertz CT molecular complexity index is 3840. The van der Waals surface area contributed by atoms with E-state index in [4.69, 9.17) is 46.1 Å². The van der Waals surface area contributed by atoms with Crippen molar-refractivity contribution >= 4 is 116 Å². The number of likely N-dealkylation sites (N-methyl/N-ethyl adjacent to an activating group) is 1. The molecule has 6 aromatic rings. The minimum absolute atomic E-state index is 0.0201. The van der Waals surface area contributed by atoms with Crippen LogP contribution in [-0.4, -0.2) is 203 Å². The van der Waals surface area contributed by atoms with E-state index >= 15 is 0 Å². The first-order valence-corrected chi connectivity index (χ1v) is 35.1. The third-order valence-electron chi connectivity index (χ3n) is 16.5. The standard InChI is InChI=1S/C36H36ClN5O7.C18H28N4O4.C17H28N2O6S/c1-3-40(13-15-48-16-14-43)36(47)49-30-17-29-33(32-22(2)5-4-6-27(30)32)24(18-37)19-42(29)35(46)28-21-41-20-25(9-12-31(41)39-28)38-34(45)23-7-10-26(44)11-8-23;1-4-22(3)18(25)26-12-14-7-9-15(10-8-14)21-16(23)13(2)6-5-11-20-17(19)24;1-5-12(20)15(11(2)3)18-17(23)25-9-8-24-7-6-19-14(21)10-13(26-4)16(19)22/h4-12,17,20-21,24,43-44H,3,13-16,18-19H2,1-2H3,(H,38,45);7-10,13H,4-6,11-12H2,1-3H3,(H,21,23)(H3,19,20,24);11,13,15H,5-10H2,1-4H3,(H,18,23)/t24-;13-;13?,15-/m100/s1. The summed E-state index contributed by atoms with van der Waals surface area (Å²) in [5.41, 5.74) is 10.5. The number of aromatic hydroxyl groups is 1. The first kappa shape index (κ1) is 80.4. The number of pyridine rings is 1. The number of Topliss-reactive ketones (excluding diaryl/α,β-unsaturated/α-hetero) is 1. The molecule has 546 valence electrons. The van der Waals surface area contributed by atoms with Gasteiger partial charge in [0.15, 0.2) is 5.78 Å². The molecule has 0 bridgehead atoms. The fraction of sp³-hybridized carbons (Fsp3) is 0.451. The van der Waals surface area contributed by atoms with Crippen LogP contribution in [0.3, 0.4) is 0 Å². The zero-order valence-corrected chi connectivity index (χ0v) is 60.0. The lowest BCUT2D eigenvalue weighted by molar-refractivity contribution is -0.139. The van der Waals surface area contributed by atoms with Crippen molar-refractivity contribution in [1.82, 2.24) is 34.7 Å². The molecular formula is C71H92ClN11O17S. The number of nitrogens with zero attached hydrogens (tertiary/aromatic N) is 6. The van der Waals surface area contributed by atoms with Gasteiger partial charge in [-0.1, -0.05) is 58.0 Å². The Morgan fingerprint density at radius 1 is 0.842 bits per heavy atom. The van der Waals surface area contributed by atoms with Crippen LogP contribution in [0.2, 0.25) is 0 Å². The average Bonchev–Trinajstić information content (AvgIpc) is 1.62. The number of aryl methyl sites for hydroxylation is 1. The van der Waals surface area contributed by atoms with Crippen LogP contribution in [0.5, 0.6) is 11.5 Å². The maximum Gasteiger partial charge on any atom is 0.415 e. The lowest BCUT2D eigenvalue weighted by atomic mass is 9.92. The van der Waals surface area contributed by atoms with Gasteiger partial charge < -0.3 is 80.0 Å². The van der Waals surface area contributed by atoms with Crippen LogP contribution in [0.15, 0.2) is 97.3 Å². The summed E-state index contributed by atoms with van der Waals surface area (Å²) < 4.78 is 28.5. The average molecular weight is 1440 g/mol. The monoisotopic (exact) mass is 1440 g/mol. The number of aliphatic hydroxyl groups is 1. The molecule has 0 aliphatic carbocycles. The molecule has 4 atom stereocenters. The molecule has 10 amide bonds. The first-order valence-electron chi connectivity index (χ1n) is 33.3. The second-order valence-electron chi connectivity index (χ2n) is 24.0. The Hall–Kier alpha value is -9.55. The molecule has 101 heavy (non-hydrogen) atoms. The predicted octanol–water partition coefficient (Wildman–Crippen LogP) is 9.09. The molecule has 1 fully saturated rings. The van der Waals surface area contributed by atoms with E-state index < -0.39 is 24.3 Å². The largest absolute Gasteiger partial charge is 0.508 e. The number of benzene rings is 4. The number of phenols is 1. The lowest BCUT2D eigenvalue weighted by Gasteiger charge is -2.22. The number of hydrogen-bond acceptors (Lipinski definition) is 19. The normalized spacial score (nSPS) is 14.4. The highest BCUT2D eigenvalue weighted by Crippen LogP contribution is 2.47. The number of primary amides is 1. The van der Waals surface area contributed by atoms with Gasteiger partial charge in [0.1, 0.15) is 36.1 Å². The van der Waals surface area contributed by atoms with Crippen molar-refractivity contribution in [2.24, 2.45) is 17.6 Å². The highest BCUT2D eigenvalue weighted by Gasteiger charge is 2.39. The van der Waals surface area contributed by atoms with Crippen LogP contribution in [0.1, 0.15) is 111 Å². The van der Waals surface area contributed by atoms with Gasteiger partial charge in [0.2, 0.25) is 17.7 Å². The number of thioether (sulfide) groups is 1. The van der Waals surface area contributed by atoms with Crippen LogP contribution in [0.25, 0.3) is 16.4 Å². The summed E-state index contributed by atoms with van der Waals surface area (Å²) in [7, 11) is 1.67. The number of alkyl carbamates (subject to hydrolysis) is 1. The van der Waals surface area contributed by atoms with Gasteiger partial charge in [0, 0.05) is 105 Å². The van der Waals surface area contributed by atoms with Crippen molar-refractivity contribution in [1.29, 1.82) is 0 Å². The number of rotatable bonds is 31. The molecule has 2 aliphatic heterocycles. The zero-order valence-electron chi connectivity index (χ0n) is 58.4. The summed E-state index contributed by atoms with van der Waals surface area (Å²) in [5, 5.41) is 30.5. The second-order valence-corrected chi connectivity index (χ2v) is 25.4. The number of hydrogen-bond donors (Lipinski definition) is 7. The molecule has 1 unspecified atom stereocenters. The summed E-state index contributed by atoms with van der Waals surface area (Å²) in [6.45, 7) is 16.0. The number of halogens is 1. The quantitative estimate of drug-likeness (QED) is 0.0121. The van der Waals surface area contributed by atoms with Gasteiger partial charge >= 0.3 is 24.3 Å². The topological polar surface area (TPSA) is 362 Å². The van der Waals surface area contributed by atoms with E-state index in [0.717, 1.165) is 27.5 Å². The molecule has 2 aromatic heterocycles. The van der Waals surface area contributed by atoms with E-state index in [1.165, 1.54) is 50.7 Å². The van der Waals surface area contributed by atoms with Gasteiger partial charge in [-0.2, -0.15) is 11.8 Å². The third-order valence-corrected chi connectivity index (χ3v) is 17.8. The Morgan fingerprint density at radius 2 is 1.55 bits per heavy atom. The number of imidazole rings is 1. The summed E-state index contributed by atoms with van der Waals surface area (Å²) in [5.74, 6) is -0.945. The minimum atomic E-state index is -0.665. The van der Waals surface area contributed by atoms with E-state index in [-0.39, 0.29) is 147 Å². The Balaban J connectivity index is 0.000000262. The number of nitrogens with two attached hydrogens (primary N) is 1. The number of aliphatic hydroxyl groups excluding tert-OH is 1. The van der Waals surface area contributed by atoms with Crippen molar-refractivity contribution in [3.63, 3.8) is 0 Å². The maximum atomic E-state index is 14.2. The fourth-order valence-electron chi connectivity index (χ4n) is 10.7. The Labute approximate surface area is 596 Å². The molecule has 0 saturated carbocycles. The van der Waals surface area contributed by atoms with Gasteiger partial charge in [0.25, 0.3) is 11.8 Å². The van der Waals surface area contributed by atoms with Crippen molar-refractivity contribution in [2.45, 2.75) is 98.0 Å². The molecule has 0 radical (unpaired) electrons. The van der Waals surface area contributed by atoms with Crippen LogP contribution >= 0.6 is 23.4 Å². The summed E-state index contributed by atoms with van der Waals surface area (Å²) in [6, 6.07) is 22.8. The number of likely N-dealkylation sites (tertiary alicyclic amines) is 1. The van der Waals surface area contributed by atoms with Crippen LogP contribution in [0.4, 0.5) is 36.2 Å². The SMILES string of the molecule is CCC(=O)[C@@H](NC(=O)OCCOCCN1C(=O)CC(SC)C1=O)C(C)C.CCN(C)C(=O)OCc1ccc(NC(=O)[C@@H](C)CCCNC(N)=O)cc1.CCN(CCOCCO)C(=O)Oc1cc2c(c3c(C)cccc13)[C@H](CCl)CN2C(=O)c1cn2cc(NC(=O)c3ccc(O)cc3)ccc2n1. The molecule has 0 spiro atoms. The smallest absolute Gasteiger partial charge is 0.415 e. The summed E-state index contributed by atoms with van der Waals surface area (Å²) >= 11 is 7.88. The van der Waals surface area contributed by atoms with Crippen molar-refractivity contribution < 1.29 is 81.8 Å². The molecule has 30 heteroatoms. The predicted molar refractivity (Wildman–Crippen MR) is 384 cm³/mol. The number of phenolic OH excluding ortho intramolecular Hbond substituents is 1. The highest BCUT2D eigenvalue weighted by atomic mass is 35.5. The summed E-state index contributed by atoms with van der Waals surface area (Å²) in [4.78, 5) is 132. The minimum Gasteiger partial charge on any atom is -0.508 e. The Kier molecular flexibility index (Phi) is 31.9. The van der Waals surface area contributed by atoms with Crippen LogP contribution in [-0.2, 0) is 44.7 Å². The first-order chi connectivity index (χ1) is 48.4. The van der Waals surface area contributed by atoms with Crippen molar-refractivity contribution in [3.05, 3.63) is 125 Å². The molecule has 2 aliphatic rings. The van der Waals surface area contributed by atoms with Crippen molar-refractivity contribution in [3.8, 4) is 11.5 Å².